The Morgan fingerprint density at radius 1 is 0.648 bits per heavy atom. The molecular formula is C56H57N11O4. The van der Waals surface area contributed by atoms with E-state index in [4.69, 9.17) is 9.72 Å². The Balaban J connectivity index is 0.000000116. The molecule has 13 rings (SSSR count). The van der Waals surface area contributed by atoms with Gasteiger partial charge in [0.05, 0.1) is 21.8 Å². The molecule has 5 N–H and O–H groups in total. The van der Waals surface area contributed by atoms with Crippen molar-refractivity contribution in [2.45, 2.75) is 19.5 Å². The number of piperazine rings is 2. The van der Waals surface area contributed by atoms with Crippen LogP contribution in [0.3, 0.4) is 0 Å². The van der Waals surface area contributed by atoms with Gasteiger partial charge in [0.25, 0.3) is 17.0 Å². The first-order chi connectivity index (χ1) is 34.7. The summed E-state index contributed by atoms with van der Waals surface area (Å²) < 4.78 is 6.05. The molecule has 5 aromatic carbocycles. The zero-order valence-corrected chi connectivity index (χ0v) is 40.3. The molecule has 1 amide bonds. The third-order valence-corrected chi connectivity index (χ3v) is 14.1. The number of pyridine rings is 2. The van der Waals surface area contributed by atoms with Gasteiger partial charge in [-0.1, -0.05) is 60.7 Å². The molecule has 15 nitrogen and oxygen atoms in total. The first kappa shape index (κ1) is 45.7. The highest BCUT2D eigenvalue weighted by atomic mass is 16.5. The second-order valence-electron chi connectivity index (χ2n) is 18.9. The predicted molar refractivity (Wildman–Crippen MR) is 283 cm³/mol. The van der Waals surface area contributed by atoms with Crippen molar-refractivity contribution in [1.29, 1.82) is 0 Å². The van der Waals surface area contributed by atoms with Gasteiger partial charge in [0.1, 0.15) is 23.0 Å². The third-order valence-electron chi connectivity index (χ3n) is 14.1. The minimum absolute atomic E-state index is 0.0178. The van der Waals surface area contributed by atoms with Crippen LogP contribution in [0.25, 0.3) is 66.0 Å². The molecule has 15 heteroatoms. The number of H-pyrrole nitrogens is 3. The van der Waals surface area contributed by atoms with Crippen molar-refractivity contribution >= 4 is 55.2 Å². The van der Waals surface area contributed by atoms with Gasteiger partial charge in [-0.15, -0.1) is 0 Å². The molecule has 0 bridgehead atoms. The number of aromatic nitrogens is 5. The minimum atomic E-state index is -0.189. The molecule has 0 radical (unpaired) electrons. The zero-order valence-electron chi connectivity index (χ0n) is 40.3. The molecule has 2 saturated heterocycles. The molecule has 8 heterocycles. The van der Waals surface area contributed by atoms with Crippen LogP contribution in [0.4, 0.5) is 5.82 Å². The van der Waals surface area contributed by atoms with E-state index in [1.165, 1.54) is 16.7 Å². The van der Waals surface area contributed by atoms with Gasteiger partial charge in [0, 0.05) is 110 Å². The second kappa shape index (κ2) is 19.6. The summed E-state index contributed by atoms with van der Waals surface area (Å²) in [6, 6.07) is 37.9. The van der Waals surface area contributed by atoms with E-state index < -0.39 is 0 Å². The van der Waals surface area contributed by atoms with Gasteiger partial charge in [-0.3, -0.25) is 19.3 Å². The molecule has 4 aliphatic heterocycles. The average molecular weight is 948 g/mol. The summed E-state index contributed by atoms with van der Waals surface area (Å²) in [6.07, 6.45) is 0.844. The summed E-state index contributed by atoms with van der Waals surface area (Å²) in [6.45, 7) is 10.9. The number of anilines is 1. The number of carbonyl (C=O) groups is 1. The SMILES string of the molecule is CN1CCN(Cc2ccc3c(c2)-c2n[nH]c(=O)c4cccc(c24)O3)CC1.CN1CCN(c2ccc3[nH]c(=O)c4ccccc4c3n2)CC1.CNCc1ccc(-c2[nH]c3cccc4c3c2CCNC4=O)cc1. The first-order valence-electron chi connectivity index (χ1n) is 24.4. The van der Waals surface area contributed by atoms with Crippen molar-refractivity contribution in [3.63, 3.8) is 0 Å². The van der Waals surface area contributed by atoms with E-state index in [2.05, 4.69) is 101 Å². The second-order valence-corrected chi connectivity index (χ2v) is 18.9. The maximum atomic E-state index is 12.2. The Morgan fingerprint density at radius 2 is 1.38 bits per heavy atom. The number of hydrogen-bond donors (Lipinski definition) is 5. The quantitative estimate of drug-likeness (QED) is 0.108. The molecule has 71 heavy (non-hydrogen) atoms. The first-order valence-corrected chi connectivity index (χ1v) is 24.4. The normalized spacial score (nSPS) is 15.9. The summed E-state index contributed by atoms with van der Waals surface area (Å²) in [5, 5.41) is 17.2. The molecule has 4 aromatic heterocycles. The molecule has 2 fully saturated rings. The topological polar surface area (TPSA) is 171 Å². The van der Waals surface area contributed by atoms with Crippen LogP contribution in [0.2, 0.25) is 0 Å². The summed E-state index contributed by atoms with van der Waals surface area (Å²) in [4.78, 5) is 57.2. The maximum Gasteiger partial charge on any atom is 0.272 e. The van der Waals surface area contributed by atoms with Gasteiger partial charge in [-0.05, 0) is 104 Å². The Kier molecular flexibility index (Phi) is 12.6. The number of hydrogen-bond acceptors (Lipinski definition) is 11. The number of ether oxygens (including phenoxy) is 1. The molecule has 0 spiro atoms. The Morgan fingerprint density at radius 3 is 2.17 bits per heavy atom. The highest BCUT2D eigenvalue weighted by Gasteiger charge is 2.25. The molecule has 0 saturated carbocycles. The van der Waals surface area contributed by atoms with Gasteiger partial charge < -0.3 is 40.0 Å². The monoisotopic (exact) mass is 947 g/mol. The van der Waals surface area contributed by atoms with Crippen LogP contribution < -0.4 is 31.4 Å². The number of fused-ring (bicyclic) bond motifs is 5. The number of likely N-dealkylation sites (N-methyl/N-ethyl adjacent to an activating group) is 2. The largest absolute Gasteiger partial charge is 0.456 e. The van der Waals surface area contributed by atoms with E-state index in [9.17, 15) is 14.4 Å². The van der Waals surface area contributed by atoms with Crippen LogP contribution >= 0.6 is 0 Å². The standard InChI is InChI=1S/C20H20N4O2.C19H19N3O.C17H18N4O/c1-23-7-9-24(10-8-23)12-13-5-6-16-15(11-13)19-18-14(20(25)22-21-19)3-2-4-17(18)26-16;1-20-11-12-5-7-13(8-6-12)18-14-9-10-21-19(23)15-3-2-4-16(22-18)17(14)15;1-20-8-10-21(11-9-20)15-7-6-14-16(19-15)12-4-2-3-5-13(12)17(22)18-14/h2-6,11H,7-10,12H2,1H3,(H,22,25);2-8,20,22H,9-11H2,1H3,(H,21,23);2-7H,8-11H2,1H3,(H,18,22). The molecular weight excluding hydrogens is 891 g/mol. The van der Waals surface area contributed by atoms with Gasteiger partial charge >= 0.3 is 0 Å². The fourth-order valence-electron chi connectivity index (χ4n) is 10.2. The van der Waals surface area contributed by atoms with Crippen molar-refractivity contribution in [2.75, 3.05) is 84.9 Å². The van der Waals surface area contributed by atoms with Crippen LogP contribution in [0.1, 0.15) is 27.0 Å². The third kappa shape index (κ3) is 9.16. The van der Waals surface area contributed by atoms with E-state index in [1.54, 1.807) is 0 Å². The highest BCUT2D eigenvalue weighted by molar-refractivity contribution is 6.10. The lowest BCUT2D eigenvalue weighted by molar-refractivity contribution is 0.0957. The van der Waals surface area contributed by atoms with Crippen LogP contribution in [0.5, 0.6) is 11.5 Å². The molecule has 0 unspecified atom stereocenters. The molecule has 0 aliphatic carbocycles. The lowest BCUT2D eigenvalue weighted by Gasteiger charge is -2.33. The summed E-state index contributed by atoms with van der Waals surface area (Å²) in [5.74, 6) is 2.48. The number of rotatable bonds is 6. The van der Waals surface area contributed by atoms with Crippen molar-refractivity contribution in [3.8, 4) is 34.0 Å². The van der Waals surface area contributed by atoms with E-state index >= 15 is 0 Å². The fraction of sp³-hybridized carbons (Fsp3) is 0.268. The summed E-state index contributed by atoms with van der Waals surface area (Å²) in [7, 11) is 6.26. The van der Waals surface area contributed by atoms with Crippen molar-refractivity contribution in [3.05, 3.63) is 158 Å². The number of aromatic amines is 3. The number of benzene rings is 5. The van der Waals surface area contributed by atoms with Crippen LogP contribution in [-0.2, 0) is 19.5 Å². The number of nitrogens with zero attached hydrogens (tertiary/aromatic N) is 6. The lowest BCUT2D eigenvalue weighted by Crippen LogP contribution is -2.44. The fourth-order valence-corrected chi connectivity index (χ4v) is 10.2. The smallest absolute Gasteiger partial charge is 0.272 e. The Hall–Kier alpha value is -7.69. The van der Waals surface area contributed by atoms with E-state index in [-0.39, 0.29) is 17.0 Å². The highest BCUT2D eigenvalue weighted by Crippen LogP contribution is 2.44. The molecule has 9 aromatic rings. The van der Waals surface area contributed by atoms with Gasteiger partial charge in [-0.25, -0.2) is 10.1 Å². The number of carbonyl (C=O) groups excluding carboxylic acids is 1. The van der Waals surface area contributed by atoms with Crippen molar-refractivity contribution in [2.24, 2.45) is 0 Å². The number of amides is 1. The Bertz CT molecular complexity index is 3570. The maximum absolute atomic E-state index is 12.2. The van der Waals surface area contributed by atoms with E-state index in [0.717, 1.165) is 144 Å². The van der Waals surface area contributed by atoms with E-state index in [1.807, 2.05) is 85.9 Å². The molecule has 360 valence electrons. The lowest BCUT2D eigenvalue weighted by atomic mass is 9.99. The van der Waals surface area contributed by atoms with E-state index in [0.29, 0.717) is 23.1 Å². The summed E-state index contributed by atoms with van der Waals surface area (Å²) >= 11 is 0. The van der Waals surface area contributed by atoms with Crippen molar-refractivity contribution < 1.29 is 9.53 Å². The van der Waals surface area contributed by atoms with Crippen LogP contribution in [0, 0.1) is 0 Å². The minimum Gasteiger partial charge on any atom is -0.456 e. The Labute approximate surface area is 410 Å². The zero-order chi connectivity index (χ0) is 48.6. The van der Waals surface area contributed by atoms with Gasteiger partial charge in [0.2, 0.25) is 0 Å². The number of nitrogens with one attached hydrogen (secondary N) is 5. The average Bonchev–Trinajstić information content (AvgIpc) is 3.68. The summed E-state index contributed by atoms with van der Waals surface area (Å²) in [5.41, 5.74) is 11.0. The van der Waals surface area contributed by atoms with Gasteiger partial charge in [0.15, 0.2) is 0 Å². The van der Waals surface area contributed by atoms with Gasteiger partial charge in [-0.2, -0.15) is 5.10 Å². The predicted octanol–water partition coefficient (Wildman–Crippen LogP) is 7.11. The van der Waals surface area contributed by atoms with Crippen LogP contribution in [-0.4, -0.2) is 126 Å². The van der Waals surface area contributed by atoms with Crippen molar-refractivity contribution in [1.82, 2.24) is 50.5 Å². The van der Waals surface area contributed by atoms with Crippen LogP contribution in [0.15, 0.2) is 125 Å². The molecule has 0 atom stereocenters. The molecule has 4 aliphatic rings.